The monoisotopic (exact) mass is 410 g/mol. The van der Waals surface area contributed by atoms with E-state index in [1.807, 2.05) is 47.4 Å². The highest BCUT2D eigenvalue weighted by atomic mass is 32.1. The number of hydrogen-bond donors (Lipinski definition) is 2. The van der Waals surface area contributed by atoms with Crippen LogP contribution in [0, 0.1) is 0 Å². The van der Waals surface area contributed by atoms with Gasteiger partial charge in [0.15, 0.2) is 0 Å². The van der Waals surface area contributed by atoms with Crippen LogP contribution in [0.1, 0.15) is 17.0 Å². The van der Waals surface area contributed by atoms with Crippen molar-refractivity contribution in [2.45, 2.75) is 19.4 Å². The number of carbonyl (C=O) groups is 2. The maximum absolute atomic E-state index is 12.2. The molecule has 0 saturated carbocycles. The second-order valence-electron chi connectivity index (χ2n) is 6.82. The Hall–Kier alpha value is -2.97. The van der Waals surface area contributed by atoms with Crippen molar-refractivity contribution in [2.75, 3.05) is 24.6 Å². The molecule has 1 aliphatic heterocycles. The third kappa shape index (κ3) is 4.90. The van der Waals surface area contributed by atoms with E-state index in [1.54, 1.807) is 0 Å². The van der Waals surface area contributed by atoms with Gasteiger partial charge >= 0.3 is 0 Å². The van der Waals surface area contributed by atoms with E-state index in [9.17, 15) is 9.59 Å². The van der Waals surface area contributed by atoms with Gasteiger partial charge in [0.2, 0.25) is 0 Å². The molecule has 2 heterocycles. The van der Waals surface area contributed by atoms with E-state index < -0.39 is 5.91 Å². The van der Waals surface area contributed by atoms with Crippen molar-refractivity contribution >= 4 is 39.1 Å². The maximum Gasteiger partial charge on any atom is 0.264 e. The van der Waals surface area contributed by atoms with Gasteiger partial charge in [-0.3, -0.25) is 20.4 Å². The van der Waals surface area contributed by atoms with Crippen LogP contribution in [0.4, 0.5) is 5.69 Å². The number of hydrogen-bond acceptors (Lipinski definition) is 6. The van der Waals surface area contributed by atoms with Crippen molar-refractivity contribution in [1.29, 1.82) is 0 Å². The molecule has 0 aliphatic carbocycles. The summed E-state index contributed by atoms with van der Waals surface area (Å²) in [6, 6.07) is 15.9. The first-order chi connectivity index (χ1) is 14.2. The van der Waals surface area contributed by atoms with E-state index in [4.69, 9.17) is 4.74 Å². The summed E-state index contributed by atoms with van der Waals surface area (Å²) in [5.74, 6) is -0.667. The summed E-state index contributed by atoms with van der Waals surface area (Å²) >= 11 is 1.54. The van der Waals surface area contributed by atoms with Gasteiger partial charge in [-0.05, 0) is 36.6 Å². The van der Waals surface area contributed by atoms with E-state index >= 15 is 0 Å². The van der Waals surface area contributed by atoms with E-state index in [0.717, 1.165) is 40.3 Å². The Morgan fingerprint density at radius 2 is 1.86 bits per heavy atom. The summed E-state index contributed by atoms with van der Waals surface area (Å²) in [7, 11) is 0. The SMILES string of the molecule is O=C(COCc1nc2ccccc2s1)NNC(=O)CN1CCCc2ccccc21. The van der Waals surface area contributed by atoms with Crippen molar-refractivity contribution in [1.82, 2.24) is 15.8 Å². The lowest BCUT2D eigenvalue weighted by molar-refractivity contribution is -0.131. The zero-order valence-corrected chi connectivity index (χ0v) is 16.7. The van der Waals surface area contributed by atoms with Crippen LogP contribution >= 0.6 is 11.3 Å². The summed E-state index contributed by atoms with van der Waals surface area (Å²) in [6.07, 6.45) is 2.04. The van der Waals surface area contributed by atoms with Gasteiger partial charge in [0.25, 0.3) is 11.8 Å². The number of ether oxygens (including phenoxy) is 1. The molecule has 0 spiro atoms. The normalized spacial score (nSPS) is 13.2. The first kappa shape index (κ1) is 19.4. The lowest BCUT2D eigenvalue weighted by Gasteiger charge is -2.30. The largest absolute Gasteiger partial charge is 0.364 e. The summed E-state index contributed by atoms with van der Waals surface area (Å²) < 4.78 is 6.50. The molecular formula is C21H22N4O3S. The average Bonchev–Trinajstić information content (AvgIpc) is 3.15. The minimum absolute atomic E-state index is 0.150. The average molecular weight is 410 g/mol. The number of rotatable bonds is 6. The van der Waals surface area contributed by atoms with Crippen LogP contribution in [0.25, 0.3) is 10.2 Å². The lowest BCUT2D eigenvalue weighted by atomic mass is 10.0. The highest BCUT2D eigenvalue weighted by molar-refractivity contribution is 7.18. The molecule has 150 valence electrons. The first-order valence-corrected chi connectivity index (χ1v) is 10.3. The molecule has 4 rings (SSSR count). The second kappa shape index (κ2) is 9.02. The summed E-state index contributed by atoms with van der Waals surface area (Å²) in [5.41, 5.74) is 8.11. The zero-order chi connectivity index (χ0) is 20.1. The van der Waals surface area contributed by atoms with Gasteiger partial charge in [0.05, 0.1) is 23.4 Å². The molecule has 0 fully saturated rings. The van der Waals surface area contributed by atoms with Crippen molar-refractivity contribution in [3.63, 3.8) is 0 Å². The van der Waals surface area contributed by atoms with Crippen LogP contribution < -0.4 is 15.8 Å². The Bertz CT molecular complexity index is 987. The predicted octanol–water partition coefficient (Wildman–Crippen LogP) is 2.41. The van der Waals surface area contributed by atoms with Gasteiger partial charge in [-0.2, -0.15) is 0 Å². The predicted molar refractivity (Wildman–Crippen MR) is 113 cm³/mol. The molecule has 1 aliphatic rings. The lowest BCUT2D eigenvalue weighted by Crippen LogP contribution is -2.48. The Morgan fingerprint density at radius 1 is 1.07 bits per heavy atom. The summed E-state index contributed by atoms with van der Waals surface area (Å²) in [6.45, 7) is 1.13. The number of para-hydroxylation sites is 2. The topological polar surface area (TPSA) is 83.6 Å². The third-order valence-electron chi connectivity index (χ3n) is 4.68. The highest BCUT2D eigenvalue weighted by Crippen LogP contribution is 2.26. The molecule has 0 bridgehead atoms. The number of fused-ring (bicyclic) bond motifs is 2. The molecule has 29 heavy (non-hydrogen) atoms. The molecule has 2 amide bonds. The van der Waals surface area contributed by atoms with Gasteiger partial charge in [-0.15, -0.1) is 11.3 Å². The zero-order valence-electron chi connectivity index (χ0n) is 15.9. The number of nitrogens with one attached hydrogen (secondary N) is 2. The van der Waals surface area contributed by atoms with Crippen LogP contribution in [0.3, 0.4) is 0 Å². The fourth-order valence-corrected chi connectivity index (χ4v) is 4.28. The number of thiazole rings is 1. The van der Waals surface area contributed by atoms with E-state index in [1.165, 1.54) is 16.9 Å². The Kier molecular flexibility index (Phi) is 6.02. The Morgan fingerprint density at radius 3 is 2.76 bits per heavy atom. The minimum atomic E-state index is -0.404. The number of aryl methyl sites for hydroxylation is 1. The molecule has 0 saturated heterocycles. The molecule has 0 unspecified atom stereocenters. The van der Waals surface area contributed by atoms with Crippen LogP contribution in [0.2, 0.25) is 0 Å². The number of carbonyl (C=O) groups excluding carboxylic acids is 2. The first-order valence-electron chi connectivity index (χ1n) is 9.52. The molecule has 8 heteroatoms. The third-order valence-corrected chi connectivity index (χ3v) is 5.69. The number of nitrogens with zero attached hydrogens (tertiary/aromatic N) is 2. The molecular weight excluding hydrogens is 388 g/mol. The van der Waals surface area contributed by atoms with Crippen LogP contribution in [0.5, 0.6) is 0 Å². The van der Waals surface area contributed by atoms with E-state index in [-0.39, 0.29) is 25.7 Å². The highest BCUT2D eigenvalue weighted by Gasteiger charge is 2.18. The Labute approximate surface area is 172 Å². The maximum atomic E-state index is 12.2. The Balaban J connectivity index is 1.19. The fourth-order valence-electron chi connectivity index (χ4n) is 3.38. The standard InChI is InChI=1S/C21H22N4O3S/c26-19(12-25-11-5-7-15-6-1-3-9-17(15)25)23-24-20(27)13-28-14-21-22-16-8-2-4-10-18(16)29-21/h1-4,6,8-10H,5,7,11-14H2,(H,23,26)(H,24,27). The van der Waals surface area contributed by atoms with Crippen molar-refractivity contribution < 1.29 is 14.3 Å². The number of aromatic nitrogens is 1. The smallest absolute Gasteiger partial charge is 0.264 e. The van der Waals surface area contributed by atoms with Crippen molar-refractivity contribution in [3.8, 4) is 0 Å². The second-order valence-corrected chi connectivity index (χ2v) is 7.93. The quantitative estimate of drug-likeness (QED) is 0.610. The van der Waals surface area contributed by atoms with Gasteiger partial charge in [-0.1, -0.05) is 30.3 Å². The number of hydrazine groups is 1. The van der Waals surface area contributed by atoms with E-state index in [0.29, 0.717) is 0 Å². The van der Waals surface area contributed by atoms with Gasteiger partial charge in [0, 0.05) is 12.2 Å². The van der Waals surface area contributed by atoms with Crippen LogP contribution in [-0.4, -0.2) is 36.5 Å². The molecule has 3 aromatic rings. The summed E-state index contributed by atoms with van der Waals surface area (Å²) in [4.78, 5) is 30.6. The molecule has 2 aromatic carbocycles. The number of benzene rings is 2. The molecule has 0 atom stereocenters. The van der Waals surface area contributed by atoms with Crippen molar-refractivity contribution in [3.05, 3.63) is 59.1 Å². The fraction of sp³-hybridized carbons (Fsp3) is 0.286. The van der Waals surface area contributed by atoms with Crippen molar-refractivity contribution in [2.24, 2.45) is 0 Å². The van der Waals surface area contributed by atoms with E-state index in [2.05, 4.69) is 21.9 Å². The molecule has 0 radical (unpaired) electrons. The number of amides is 2. The molecule has 1 aromatic heterocycles. The molecule has 7 nitrogen and oxygen atoms in total. The number of anilines is 1. The minimum Gasteiger partial charge on any atom is -0.364 e. The van der Waals surface area contributed by atoms with Gasteiger partial charge in [0.1, 0.15) is 11.6 Å². The molecule has 2 N–H and O–H groups in total. The summed E-state index contributed by atoms with van der Waals surface area (Å²) in [5, 5.41) is 0.812. The van der Waals surface area contributed by atoms with Crippen LogP contribution in [0.15, 0.2) is 48.5 Å². The van der Waals surface area contributed by atoms with Crippen LogP contribution in [-0.2, 0) is 27.4 Å². The van der Waals surface area contributed by atoms with Gasteiger partial charge < -0.3 is 9.64 Å². The van der Waals surface area contributed by atoms with Gasteiger partial charge in [-0.25, -0.2) is 4.98 Å².